The smallest absolute Gasteiger partial charge is 0.242 e. The molecule has 134 valence electrons. The molecule has 0 aromatic carbocycles. The third kappa shape index (κ3) is 4.35. The van der Waals surface area contributed by atoms with Crippen LogP contribution in [0.3, 0.4) is 0 Å². The molecule has 3 amide bonds. The third-order valence-corrected chi connectivity index (χ3v) is 4.67. The Morgan fingerprint density at radius 1 is 1.32 bits per heavy atom. The minimum absolute atomic E-state index is 0.130. The van der Waals surface area contributed by atoms with Crippen LogP contribution in [0.2, 0.25) is 0 Å². The van der Waals surface area contributed by atoms with Crippen molar-refractivity contribution >= 4 is 17.7 Å². The summed E-state index contributed by atoms with van der Waals surface area (Å²) in [6.07, 6.45) is 4.04. The van der Waals surface area contributed by atoms with Gasteiger partial charge in [-0.25, -0.2) is 0 Å². The average molecular weight is 345 g/mol. The lowest BCUT2D eigenvalue weighted by Crippen LogP contribution is -2.47. The number of carbonyl (C=O) groups is 3. The van der Waals surface area contributed by atoms with Crippen molar-refractivity contribution in [3.05, 3.63) is 24.0 Å². The van der Waals surface area contributed by atoms with Crippen molar-refractivity contribution in [3.63, 3.8) is 0 Å². The molecular formula is C18H23N3O4. The van der Waals surface area contributed by atoms with Crippen molar-refractivity contribution in [1.82, 2.24) is 14.8 Å². The van der Waals surface area contributed by atoms with Crippen LogP contribution in [0.25, 0.3) is 0 Å². The van der Waals surface area contributed by atoms with E-state index >= 15 is 0 Å². The monoisotopic (exact) mass is 345 g/mol. The Kier molecular flexibility index (Phi) is 5.31. The van der Waals surface area contributed by atoms with Crippen LogP contribution in [0.4, 0.5) is 0 Å². The lowest BCUT2D eigenvalue weighted by Gasteiger charge is -2.33. The summed E-state index contributed by atoms with van der Waals surface area (Å²) in [5, 5.41) is 0. The van der Waals surface area contributed by atoms with Gasteiger partial charge in [-0.3, -0.25) is 24.3 Å². The molecule has 25 heavy (non-hydrogen) atoms. The van der Waals surface area contributed by atoms with Gasteiger partial charge in [0.2, 0.25) is 17.7 Å². The molecule has 0 saturated carbocycles. The van der Waals surface area contributed by atoms with Crippen LogP contribution in [0.15, 0.2) is 18.3 Å². The Morgan fingerprint density at radius 3 is 2.80 bits per heavy atom. The van der Waals surface area contributed by atoms with Crippen LogP contribution in [-0.4, -0.2) is 58.7 Å². The molecule has 0 spiro atoms. The molecule has 0 aliphatic carbocycles. The standard InChI is InChI=1S/C18H23N3O4/c1-13-9-15(6-7-19-13)25-12-14-3-2-8-20(10-14)18(24)11-21-16(22)4-5-17(21)23/h6-7,9,14H,2-5,8,10-12H2,1H3. The van der Waals surface area contributed by atoms with Gasteiger partial charge in [0.25, 0.3) is 0 Å². The molecule has 0 radical (unpaired) electrons. The van der Waals surface area contributed by atoms with E-state index < -0.39 is 0 Å². The van der Waals surface area contributed by atoms with Crippen LogP contribution in [-0.2, 0) is 14.4 Å². The summed E-state index contributed by atoms with van der Waals surface area (Å²) in [6.45, 7) is 3.58. The number of pyridine rings is 1. The number of hydrogen-bond donors (Lipinski definition) is 0. The van der Waals surface area contributed by atoms with E-state index in [0.29, 0.717) is 19.7 Å². The molecule has 0 bridgehead atoms. The SMILES string of the molecule is Cc1cc(OCC2CCCN(C(=O)CN3C(=O)CCC3=O)C2)ccn1. The maximum Gasteiger partial charge on any atom is 0.242 e. The Balaban J connectivity index is 1.51. The van der Waals surface area contributed by atoms with E-state index in [1.807, 2.05) is 19.1 Å². The zero-order valence-electron chi connectivity index (χ0n) is 14.4. The number of piperidine rings is 1. The largest absolute Gasteiger partial charge is 0.493 e. The molecule has 3 rings (SSSR count). The van der Waals surface area contributed by atoms with Gasteiger partial charge >= 0.3 is 0 Å². The summed E-state index contributed by atoms with van der Waals surface area (Å²) in [7, 11) is 0. The molecule has 3 heterocycles. The molecule has 2 aliphatic rings. The number of rotatable bonds is 5. The predicted molar refractivity (Wildman–Crippen MR) is 89.7 cm³/mol. The highest BCUT2D eigenvalue weighted by Gasteiger charge is 2.33. The number of carbonyl (C=O) groups excluding carboxylic acids is 3. The third-order valence-electron chi connectivity index (χ3n) is 4.67. The Bertz CT molecular complexity index is 660. The van der Waals surface area contributed by atoms with Crippen LogP contribution in [0.1, 0.15) is 31.4 Å². The van der Waals surface area contributed by atoms with Crippen molar-refractivity contribution < 1.29 is 19.1 Å². The molecule has 1 unspecified atom stereocenters. The first-order valence-electron chi connectivity index (χ1n) is 8.69. The van der Waals surface area contributed by atoms with Gasteiger partial charge in [0.15, 0.2) is 0 Å². The van der Waals surface area contributed by atoms with Crippen LogP contribution in [0, 0.1) is 12.8 Å². The molecule has 1 atom stereocenters. The van der Waals surface area contributed by atoms with E-state index in [0.717, 1.165) is 29.2 Å². The normalized spacial score (nSPS) is 20.9. The van der Waals surface area contributed by atoms with Crippen molar-refractivity contribution in [1.29, 1.82) is 0 Å². The van der Waals surface area contributed by atoms with E-state index in [-0.39, 0.29) is 43.0 Å². The molecule has 7 heteroatoms. The average Bonchev–Trinajstić information content (AvgIpc) is 2.92. The van der Waals surface area contributed by atoms with Gasteiger partial charge in [-0.1, -0.05) is 0 Å². The second-order valence-corrected chi connectivity index (χ2v) is 6.67. The fourth-order valence-electron chi connectivity index (χ4n) is 3.29. The van der Waals surface area contributed by atoms with Gasteiger partial charge in [0, 0.05) is 49.8 Å². The second-order valence-electron chi connectivity index (χ2n) is 6.67. The maximum absolute atomic E-state index is 12.4. The predicted octanol–water partition coefficient (Wildman–Crippen LogP) is 1.16. The van der Waals surface area contributed by atoms with Crippen molar-refractivity contribution in [2.75, 3.05) is 26.2 Å². The van der Waals surface area contributed by atoms with Crippen LogP contribution in [0.5, 0.6) is 5.75 Å². The lowest BCUT2D eigenvalue weighted by molar-refractivity contribution is -0.146. The van der Waals surface area contributed by atoms with E-state index in [2.05, 4.69) is 4.98 Å². The summed E-state index contributed by atoms with van der Waals surface area (Å²) < 4.78 is 5.83. The van der Waals surface area contributed by atoms with Gasteiger partial charge < -0.3 is 9.64 Å². The quantitative estimate of drug-likeness (QED) is 0.748. The number of nitrogens with zero attached hydrogens (tertiary/aromatic N) is 3. The summed E-state index contributed by atoms with van der Waals surface area (Å²) in [5.74, 6) is 0.375. The molecule has 7 nitrogen and oxygen atoms in total. The van der Waals surface area contributed by atoms with Crippen LogP contribution < -0.4 is 4.74 Å². The zero-order valence-corrected chi connectivity index (χ0v) is 14.4. The van der Waals surface area contributed by atoms with Gasteiger partial charge in [0.1, 0.15) is 12.3 Å². The summed E-state index contributed by atoms with van der Waals surface area (Å²) in [5.41, 5.74) is 0.901. The highest BCUT2D eigenvalue weighted by molar-refractivity contribution is 6.04. The Morgan fingerprint density at radius 2 is 2.08 bits per heavy atom. The number of imide groups is 1. The molecule has 1 aromatic heterocycles. The molecule has 2 aliphatic heterocycles. The second kappa shape index (κ2) is 7.63. The molecular weight excluding hydrogens is 322 g/mol. The van der Waals surface area contributed by atoms with Gasteiger partial charge in [-0.05, 0) is 25.8 Å². The van der Waals surface area contributed by atoms with Crippen molar-refractivity contribution in [3.8, 4) is 5.75 Å². The lowest BCUT2D eigenvalue weighted by atomic mass is 9.99. The van der Waals surface area contributed by atoms with Gasteiger partial charge in [0.05, 0.1) is 6.61 Å². The van der Waals surface area contributed by atoms with Gasteiger partial charge in [-0.2, -0.15) is 0 Å². The first-order valence-corrected chi connectivity index (χ1v) is 8.69. The molecule has 2 saturated heterocycles. The van der Waals surface area contributed by atoms with E-state index in [4.69, 9.17) is 4.74 Å². The fraction of sp³-hybridized carbons (Fsp3) is 0.556. The number of aromatic nitrogens is 1. The topological polar surface area (TPSA) is 79.8 Å². The summed E-state index contributed by atoms with van der Waals surface area (Å²) >= 11 is 0. The van der Waals surface area contributed by atoms with Crippen molar-refractivity contribution in [2.45, 2.75) is 32.6 Å². The molecule has 1 aromatic rings. The maximum atomic E-state index is 12.4. The first kappa shape index (κ1) is 17.4. The minimum atomic E-state index is -0.247. The number of ether oxygens (including phenoxy) is 1. The summed E-state index contributed by atoms with van der Waals surface area (Å²) in [4.78, 5) is 42.7. The Hall–Kier alpha value is -2.44. The highest BCUT2D eigenvalue weighted by atomic mass is 16.5. The molecule has 2 fully saturated rings. The molecule has 0 N–H and O–H groups in total. The summed E-state index contributed by atoms with van der Waals surface area (Å²) in [6, 6.07) is 3.71. The zero-order chi connectivity index (χ0) is 17.8. The van der Waals surface area contributed by atoms with E-state index in [9.17, 15) is 14.4 Å². The number of hydrogen-bond acceptors (Lipinski definition) is 5. The minimum Gasteiger partial charge on any atom is -0.493 e. The van der Waals surface area contributed by atoms with E-state index in [1.165, 1.54) is 0 Å². The first-order chi connectivity index (χ1) is 12.0. The number of likely N-dealkylation sites (tertiary alicyclic amines) is 2. The number of amides is 3. The fourth-order valence-corrected chi connectivity index (χ4v) is 3.29. The highest BCUT2D eigenvalue weighted by Crippen LogP contribution is 2.20. The Labute approximate surface area is 147 Å². The van der Waals surface area contributed by atoms with E-state index in [1.54, 1.807) is 11.1 Å². The van der Waals surface area contributed by atoms with Gasteiger partial charge in [-0.15, -0.1) is 0 Å². The van der Waals surface area contributed by atoms with Crippen LogP contribution >= 0.6 is 0 Å². The van der Waals surface area contributed by atoms with Crippen molar-refractivity contribution in [2.24, 2.45) is 5.92 Å². The number of aryl methyl sites for hydroxylation is 1.